The van der Waals surface area contributed by atoms with Gasteiger partial charge in [-0.25, -0.2) is 13.4 Å². The van der Waals surface area contributed by atoms with Crippen LogP contribution < -0.4 is 0 Å². The maximum atomic E-state index is 13.2. The SMILES string of the molecule is COCCN(Cc1cnc(S(=O)(=O)Cc2ccccc2)n1CC(C)C)C(=O)CC(C)C. The molecule has 0 aliphatic rings. The standard InChI is InChI=1S/C23H35N3O4S/c1-18(2)13-22(27)25(11-12-30-5)16-21-14-24-23(26(21)15-19(3)4)31(28,29)17-20-9-7-6-8-10-20/h6-10,14,18-19H,11-13,15-17H2,1-5H3. The molecule has 0 aliphatic heterocycles. The van der Waals surface area contributed by atoms with Gasteiger partial charge in [0, 0.05) is 26.6 Å². The Morgan fingerprint density at radius 3 is 2.39 bits per heavy atom. The van der Waals surface area contributed by atoms with E-state index >= 15 is 0 Å². The second kappa shape index (κ2) is 11.4. The first kappa shape index (κ1) is 25.1. The van der Waals surface area contributed by atoms with Crippen LogP contribution in [0.25, 0.3) is 0 Å². The zero-order chi connectivity index (χ0) is 23.0. The Morgan fingerprint density at radius 1 is 1.13 bits per heavy atom. The number of methoxy groups -OCH3 is 1. The van der Waals surface area contributed by atoms with Crippen molar-refractivity contribution in [3.05, 3.63) is 47.8 Å². The fourth-order valence-corrected chi connectivity index (χ4v) is 4.85. The van der Waals surface area contributed by atoms with Gasteiger partial charge in [-0.05, 0) is 17.4 Å². The van der Waals surface area contributed by atoms with Crippen molar-refractivity contribution in [3.8, 4) is 0 Å². The third-order valence-corrected chi connectivity index (χ3v) is 6.38. The molecule has 31 heavy (non-hydrogen) atoms. The van der Waals surface area contributed by atoms with Gasteiger partial charge in [0.25, 0.3) is 0 Å². The number of carbonyl (C=O) groups excluding carboxylic acids is 1. The Balaban J connectivity index is 2.36. The monoisotopic (exact) mass is 449 g/mol. The van der Waals surface area contributed by atoms with Crippen LogP contribution in [0.4, 0.5) is 0 Å². The third-order valence-electron chi connectivity index (χ3n) is 4.78. The summed E-state index contributed by atoms with van der Waals surface area (Å²) in [6.45, 7) is 9.74. The predicted octanol–water partition coefficient (Wildman–Crippen LogP) is 3.53. The molecule has 2 aromatic rings. The molecule has 0 spiro atoms. The van der Waals surface area contributed by atoms with Crippen molar-refractivity contribution in [3.63, 3.8) is 0 Å². The molecule has 8 heteroatoms. The summed E-state index contributed by atoms with van der Waals surface area (Å²) in [5, 5.41) is 0.0584. The molecule has 0 aliphatic carbocycles. The van der Waals surface area contributed by atoms with E-state index in [-0.39, 0.29) is 28.7 Å². The zero-order valence-electron chi connectivity index (χ0n) is 19.2. The number of carbonyl (C=O) groups is 1. The second-order valence-electron chi connectivity index (χ2n) is 8.69. The number of nitrogens with zero attached hydrogens (tertiary/aromatic N) is 3. The lowest BCUT2D eigenvalue weighted by atomic mass is 10.1. The van der Waals surface area contributed by atoms with E-state index in [4.69, 9.17) is 4.74 Å². The van der Waals surface area contributed by atoms with E-state index in [0.717, 1.165) is 5.56 Å². The highest BCUT2D eigenvalue weighted by molar-refractivity contribution is 7.90. The van der Waals surface area contributed by atoms with Crippen molar-refractivity contribution in [1.82, 2.24) is 14.5 Å². The minimum absolute atomic E-state index is 0.0260. The molecular weight excluding hydrogens is 414 g/mol. The van der Waals surface area contributed by atoms with E-state index in [0.29, 0.717) is 38.4 Å². The van der Waals surface area contributed by atoms with E-state index in [1.807, 2.05) is 45.9 Å². The molecule has 0 saturated carbocycles. The van der Waals surface area contributed by atoms with Crippen LogP contribution in [0.5, 0.6) is 0 Å². The lowest BCUT2D eigenvalue weighted by molar-refractivity contribution is -0.133. The van der Waals surface area contributed by atoms with Gasteiger partial charge in [0.2, 0.25) is 20.9 Å². The van der Waals surface area contributed by atoms with Crippen molar-refractivity contribution in [2.75, 3.05) is 20.3 Å². The van der Waals surface area contributed by atoms with E-state index in [1.54, 1.807) is 34.9 Å². The van der Waals surface area contributed by atoms with Gasteiger partial charge < -0.3 is 14.2 Å². The summed E-state index contributed by atoms with van der Waals surface area (Å²) in [5.74, 6) is 0.373. The van der Waals surface area contributed by atoms with E-state index < -0.39 is 9.84 Å². The summed E-state index contributed by atoms with van der Waals surface area (Å²) in [6, 6.07) is 9.10. The van der Waals surface area contributed by atoms with Crippen LogP contribution in [0.2, 0.25) is 0 Å². The number of sulfone groups is 1. The first-order chi connectivity index (χ1) is 14.6. The molecule has 2 rings (SSSR count). The topological polar surface area (TPSA) is 81.5 Å². The molecule has 1 amide bonds. The fourth-order valence-electron chi connectivity index (χ4n) is 3.35. The number of hydrogen-bond acceptors (Lipinski definition) is 5. The first-order valence-electron chi connectivity index (χ1n) is 10.7. The smallest absolute Gasteiger partial charge is 0.228 e. The van der Waals surface area contributed by atoms with Gasteiger partial charge in [-0.15, -0.1) is 0 Å². The molecule has 0 saturated heterocycles. The molecule has 1 aromatic carbocycles. The molecule has 172 valence electrons. The molecule has 1 aromatic heterocycles. The molecule has 0 N–H and O–H groups in total. The number of benzene rings is 1. The minimum atomic E-state index is -3.64. The van der Waals surface area contributed by atoms with Crippen molar-refractivity contribution in [1.29, 1.82) is 0 Å². The summed E-state index contributed by atoms with van der Waals surface area (Å²) >= 11 is 0. The lowest BCUT2D eigenvalue weighted by Crippen LogP contribution is -2.35. The van der Waals surface area contributed by atoms with E-state index in [1.165, 1.54) is 0 Å². The number of imidazole rings is 1. The number of hydrogen-bond donors (Lipinski definition) is 0. The van der Waals surface area contributed by atoms with Crippen LogP contribution in [0, 0.1) is 11.8 Å². The summed E-state index contributed by atoms with van der Waals surface area (Å²) in [5.41, 5.74) is 1.44. The van der Waals surface area contributed by atoms with Crippen molar-refractivity contribution in [2.24, 2.45) is 11.8 Å². The molecule has 0 bridgehead atoms. The van der Waals surface area contributed by atoms with Gasteiger partial charge in [-0.1, -0.05) is 58.0 Å². The summed E-state index contributed by atoms with van der Waals surface area (Å²) in [4.78, 5) is 18.8. The Bertz CT molecular complexity index is 937. The van der Waals surface area contributed by atoms with Crippen LogP contribution in [0.3, 0.4) is 0 Å². The maximum Gasteiger partial charge on any atom is 0.228 e. The predicted molar refractivity (Wildman–Crippen MR) is 121 cm³/mol. The van der Waals surface area contributed by atoms with Gasteiger partial charge in [0.1, 0.15) is 0 Å². The maximum absolute atomic E-state index is 13.2. The molecule has 7 nitrogen and oxygen atoms in total. The van der Waals surface area contributed by atoms with Gasteiger partial charge in [0.15, 0.2) is 0 Å². The number of aromatic nitrogens is 2. The van der Waals surface area contributed by atoms with Crippen molar-refractivity contribution < 1.29 is 17.9 Å². The quantitative estimate of drug-likeness (QED) is 0.495. The Labute approximate surface area is 186 Å². The van der Waals surface area contributed by atoms with Gasteiger partial charge in [-0.3, -0.25) is 4.79 Å². The minimum Gasteiger partial charge on any atom is -0.383 e. The number of ether oxygens (including phenoxy) is 1. The van der Waals surface area contributed by atoms with E-state index in [9.17, 15) is 13.2 Å². The Morgan fingerprint density at radius 2 is 1.81 bits per heavy atom. The van der Waals surface area contributed by atoms with Gasteiger partial charge >= 0.3 is 0 Å². The van der Waals surface area contributed by atoms with Crippen LogP contribution in [0.15, 0.2) is 41.7 Å². The van der Waals surface area contributed by atoms with Crippen molar-refractivity contribution >= 4 is 15.7 Å². The average Bonchev–Trinajstić information content (AvgIpc) is 3.07. The largest absolute Gasteiger partial charge is 0.383 e. The molecular formula is C23H35N3O4S. The Kier molecular flexibility index (Phi) is 9.25. The van der Waals surface area contributed by atoms with Gasteiger partial charge in [0.05, 0.1) is 30.8 Å². The molecule has 0 unspecified atom stereocenters. The van der Waals surface area contributed by atoms with Crippen LogP contribution >= 0.6 is 0 Å². The van der Waals surface area contributed by atoms with Crippen LogP contribution in [-0.2, 0) is 38.2 Å². The van der Waals surface area contributed by atoms with Crippen molar-refractivity contribution in [2.45, 2.75) is 58.1 Å². The third kappa shape index (κ3) is 7.47. The highest BCUT2D eigenvalue weighted by Crippen LogP contribution is 2.21. The van der Waals surface area contributed by atoms with Crippen LogP contribution in [0.1, 0.15) is 45.4 Å². The normalized spacial score (nSPS) is 12.0. The summed E-state index contributed by atoms with van der Waals surface area (Å²) < 4.78 is 33.3. The van der Waals surface area contributed by atoms with Crippen LogP contribution in [-0.4, -0.2) is 49.0 Å². The summed E-state index contributed by atoms with van der Waals surface area (Å²) in [6.07, 6.45) is 2.02. The Hall–Kier alpha value is -2.19. The fraction of sp³-hybridized carbons (Fsp3) is 0.565. The number of rotatable bonds is 12. The molecule has 0 fully saturated rings. The average molecular weight is 450 g/mol. The molecule has 0 atom stereocenters. The second-order valence-corrected chi connectivity index (χ2v) is 10.6. The molecule has 1 heterocycles. The first-order valence-corrected chi connectivity index (χ1v) is 12.4. The van der Waals surface area contributed by atoms with Gasteiger partial charge in [-0.2, -0.15) is 0 Å². The number of amides is 1. The highest BCUT2D eigenvalue weighted by Gasteiger charge is 2.26. The molecule has 0 radical (unpaired) electrons. The highest BCUT2D eigenvalue weighted by atomic mass is 32.2. The summed E-state index contributed by atoms with van der Waals surface area (Å²) in [7, 11) is -2.04. The zero-order valence-corrected chi connectivity index (χ0v) is 20.1. The lowest BCUT2D eigenvalue weighted by Gasteiger charge is -2.24. The van der Waals surface area contributed by atoms with E-state index in [2.05, 4.69) is 4.98 Å².